The van der Waals surface area contributed by atoms with Crippen molar-refractivity contribution in [2.75, 3.05) is 5.32 Å². The lowest BCUT2D eigenvalue weighted by molar-refractivity contribution is 0.573. The van der Waals surface area contributed by atoms with Gasteiger partial charge >= 0.3 is 0 Å². The van der Waals surface area contributed by atoms with E-state index in [1.807, 2.05) is 19.4 Å². The summed E-state index contributed by atoms with van der Waals surface area (Å²) in [6.45, 7) is 8.20. The standard InChI is InChI=1S/C13H17N5S/c1-8-9(6-14)11(18(5)17-8)16-12-15-10(7-19-12)13(2,3)4/h7H,1-5H3,(H,15,16). The third kappa shape index (κ3) is 2.61. The number of nitriles is 1. The molecule has 0 radical (unpaired) electrons. The first-order valence-corrected chi connectivity index (χ1v) is 6.87. The zero-order valence-electron chi connectivity index (χ0n) is 11.8. The SMILES string of the molecule is Cc1nn(C)c(Nc2nc(C(C)(C)C)cs2)c1C#N. The first-order valence-electron chi connectivity index (χ1n) is 5.99. The van der Waals surface area contributed by atoms with E-state index in [0.29, 0.717) is 11.4 Å². The minimum atomic E-state index is 0.0247. The van der Waals surface area contributed by atoms with Crippen LogP contribution in [-0.4, -0.2) is 14.8 Å². The Morgan fingerprint density at radius 2 is 2.11 bits per heavy atom. The molecule has 5 nitrogen and oxygen atoms in total. The molecule has 0 saturated heterocycles. The number of nitrogens with one attached hydrogen (secondary N) is 1. The van der Waals surface area contributed by atoms with E-state index < -0.39 is 0 Å². The van der Waals surface area contributed by atoms with E-state index in [4.69, 9.17) is 5.26 Å². The molecular weight excluding hydrogens is 258 g/mol. The van der Waals surface area contributed by atoms with Crippen LogP contribution >= 0.6 is 11.3 Å². The number of aromatic nitrogens is 3. The van der Waals surface area contributed by atoms with Gasteiger partial charge in [-0.1, -0.05) is 20.8 Å². The molecule has 0 bridgehead atoms. The normalized spacial score (nSPS) is 11.4. The summed E-state index contributed by atoms with van der Waals surface area (Å²) in [7, 11) is 1.81. The van der Waals surface area contributed by atoms with E-state index in [0.717, 1.165) is 16.5 Å². The van der Waals surface area contributed by atoms with Gasteiger partial charge in [-0.25, -0.2) is 4.98 Å². The summed E-state index contributed by atoms with van der Waals surface area (Å²) in [5.41, 5.74) is 2.35. The van der Waals surface area contributed by atoms with Gasteiger partial charge in [-0.3, -0.25) is 4.68 Å². The van der Waals surface area contributed by atoms with E-state index in [1.54, 1.807) is 4.68 Å². The van der Waals surface area contributed by atoms with Gasteiger partial charge in [0.25, 0.3) is 0 Å². The quantitative estimate of drug-likeness (QED) is 0.914. The number of thiazole rings is 1. The minimum Gasteiger partial charge on any atom is -0.315 e. The van der Waals surface area contributed by atoms with Crippen LogP contribution in [0.3, 0.4) is 0 Å². The molecule has 0 aliphatic rings. The Kier molecular flexibility index (Phi) is 3.33. The number of anilines is 2. The predicted octanol–water partition coefficient (Wildman–Crippen LogP) is 3.10. The van der Waals surface area contributed by atoms with Crippen LogP contribution in [0.1, 0.15) is 37.7 Å². The Morgan fingerprint density at radius 3 is 2.63 bits per heavy atom. The molecule has 2 aromatic rings. The van der Waals surface area contributed by atoms with E-state index in [2.05, 4.69) is 42.2 Å². The van der Waals surface area contributed by atoms with Gasteiger partial charge < -0.3 is 5.32 Å². The average molecular weight is 275 g/mol. The summed E-state index contributed by atoms with van der Waals surface area (Å²) in [6, 6.07) is 2.17. The molecule has 6 heteroatoms. The second-order valence-corrected chi connectivity index (χ2v) is 6.32. The van der Waals surface area contributed by atoms with Gasteiger partial charge in [0.2, 0.25) is 0 Å². The van der Waals surface area contributed by atoms with Crippen LogP contribution in [0, 0.1) is 18.3 Å². The maximum Gasteiger partial charge on any atom is 0.188 e. The molecule has 19 heavy (non-hydrogen) atoms. The van der Waals surface area contributed by atoms with Crippen molar-refractivity contribution in [2.45, 2.75) is 33.1 Å². The molecule has 2 heterocycles. The topological polar surface area (TPSA) is 66.5 Å². The van der Waals surface area contributed by atoms with Gasteiger partial charge in [-0.2, -0.15) is 10.4 Å². The van der Waals surface area contributed by atoms with Crippen molar-refractivity contribution >= 4 is 22.3 Å². The Hall–Kier alpha value is -1.87. The lowest BCUT2D eigenvalue weighted by atomic mass is 9.93. The maximum atomic E-state index is 9.16. The van der Waals surface area contributed by atoms with Gasteiger partial charge in [0.05, 0.1) is 11.4 Å². The number of hydrogen-bond acceptors (Lipinski definition) is 5. The fourth-order valence-corrected chi connectivity index (χ4v) is 2.65. The second-order valence-electron chi connectivity index (χ2n) is 5.46. The van der Waals surface area contributed by atoms with Crippen LogP contribution in [0.25, 0.3) is 0 Å². The molecule has 0 aromatic carbocycles. The summed E-state index contributed by atoms with van der Waals surface area (Å²) < 4.78 is 1.67. The van der Waals surface area contributed by atoms with Crippen LogP contribution in [0.4, 0.5) is 10.9 Å². The maximum absolute atomic E-state index is 9.16. The lowest BCUT2D eigenvalue weighted by Crippen LogP contribution is -2.11. The summed E-state index contributed by atoms with van der Waals surface area (Å²) in [6.07, 6.45) is 0. The van der Waals surface area contributed by atoms with E-state index in [1.165, 1.54) is 11.3 Å². The molecule has 100 valence electrons. The molecule has 0 spiro atoms. The van der Waals surface area contributed by atoms with E-state index >= 15 is 0 Å². The Morgan fingerprint density at radius 1 is 1.42 bits per heavy atom. The smallest absolute Gasteiger partial charge is 0.188 e. The van der Waals surface area contributed by atoms with Crippen LogP contribution in [0.5, 0.6) is 0 Å². The van der Waals surface area contributed by atoms with Gasteiger partial charge in [0.15, 0.2) is 5.13 Å². The van der Waals surface area contributed by atoms with Gasteiger partial charge in [-0.15, -0.1) is 11.3 Å². The molecule has 0 fully saturated rings. The molecule has 0 unspecified atom stereocenters. The minimum absolute atomic E-state index is 0.0247. The number of nitrogens with zero attached hydrogens (tertiary/aromatic N) is 4. The monoisotopic (exact) mass is 275 g/mol. The molecular formula is C13H17N5S. The van der Waals surface area contributed by atoms with Gasteiger partial charge in [0, 0.05) is 17.8 Å². The highest BCUT2D eigenvalue weighted by molar-refractivity contribution is 7.13. The zero-order valence-corrected chi connectivity index (χ0v) is 12.6. The molecule has 0 aliphatic carbocycles. The molecule has 0 atom stereocenters. The summed E-state index contributed by atoms with van der Waals surface area (Å²) in [5, 5.41) is 19.4. The van der Waals surface area contributed by atoms with Crippen LogP contribution in [-0.2, 0) is 12.5 Å². The third-order valence-corrected chi connectivity index (χ3v) is 3.59. The summed E-state index contributed by atoms with van der Waals surface area (Å²) in [5.74, 6) is 0.690. The van der Waals surface area contributed by atoms with Crippen molar-refractivity contribution < 1.29 is 0 Å². The number of aryl methyl sites for hydroxylation is 2. The Labute approximate surface area is 116 Å². The Balaban J connectivity index is 2.33. The highest BCUT2D eigenvalue weighted by Gasteiger charge is 2.19. The molecule has 2 aromatic heterocycles. The fourth-order valence-electron chi connectivity index (χ4n) is 1.71. The van der Waals surface area contributed by atoms with Crippen molar-refractivity contribution in [2.24, 2.45) is 7.05 Å². The lowest BCUT2D eigenvalue weighted by Gasteiger charge is -2.14. The third-order valence-electron chi connectivity index (χ3n) is 2.83. The van der Waals surface area contributed by atoms with Crippen molar-refractivity contribution in [3.05, 3.63) is 22.3 Å². The highest BCUT2D eigenvalue weighted by Crippen LogP contribution is 2.29. The van der Waals surface area contributed by atoms with E-state index in [-0.39, 0.29) is 5.41 Å². The molecule has 0 aliphatic heterocycles. The van der Waals surface area contributed by atoms with Crippen molar-refractivity contribution in [3.63, 3.8) is 0 Å². The van der Waals surface area contributed by atoms with Gasteiger partial charge in [-0.05, 0) is 6.92 Å². The summed E-state index contributed by atoms with van der Waals surface area (Å²) >= 11 is 1.54. The van der Waals surface area contributed by atoms with Crippen molar-refractivity contribution in [1.29, 1.82) is 5.26 Å². The van der Waals surface area contributed by atoms with E-state index in [9.17, 15) is 0 Å². The predicted molar refractivity (Wildman–Crippen MR) is 76.8 cm³/mol. The Bertz CT molecular complexity index is 639. The van der Waals surface area contributed by atoms with Crippen molar-refractivity contribution in [1.82, 2.24) is 14.8 Å². The molecule has 1 N–H and O–H groups in total. The first kappa shape index (κ1) is 13.6. The first-order chi connectivity index (χ1) is 8.82. The second kappa shape index (κ2) is 4.67. The van der Waals surface area contributed by atoms with Crippen LogP contribution < -0.4 is 5.32 Å². The average Bonchev–Trinajstić information content (AvgIpc) is 2.85. The van der Waals surface area contributed by atoms with Crippen LogP contribution in [0.2, 0.25) is 0 Å². The number of rotatable bonds is 2. The zero-order chi connectivity index (χ0) is 14.2. The summed E-state index contributed by atoms with van der Waals surface area (Å²) in [4.78, 5) is 4.56. The number of hydrogen-bond donors (Lipinski definition) is 1. The molecule has 0 amide bonds. The van der Waals surface area contributed by atoms with Gasteiger partial charge in [0.1, 0.15) is 17.5 Å². The molecule has 2 rings (SSSR count). The van der Waals surface area contributed by atoms with Crippen molar-refractivity contribution in [3.8, 4) is 6.07 Å². The molecule has 0 saturated carbocycles. The highest BCUT2D eigenvalue weighted by atomic mass is 32.1. The van der Waals surface area contributed by atoms with Crippen LogP contribution in [0.15, 0.2) is 5.38 Å². The fraction of sp³-hybridized carbons (Fsp3) is 0.462. The largest absolute Gasteiger partial charge is 0.315 e.